The maximum atomic E-state index is 12.1. The highest BCUT2D eigenvalue weighted by Crippen LogP contribution is 2.19. The van der Waals surface area contributed by atoms with Crippen LogP contribution in [0.3, 0.4) is 0 Å². The van der Waals surface area contributed by atoms with Crippen LogP contribution in [-0.2, 0) is 17.6 Å². The highest BCUT2D eigenvalue weighted by Gasteiger charge is 2.11. The van der Waals surface area contributed by atoms with E-state index < -0.39 is 0 Å². The second-order valence-electron chi connectivity index (χ2n) is 6.02. The van der Waals surface area contributed by atoms with Crippen molar-refractivity contribution in [2.75, 3.05) is 0 Å². The monoisotopic (exact) mass is 306 g/mol. The number of carbonyl (C=O) groups excluding carboxylic acids is 1. The van der Waals surface area contributed by atoms with E-state index >= 15 is 0 Å². The molecular formula is C20H22N2O. The zero-order chi connectivity index (χ0) is 16.1. The van der Waals surface area contributed by atoms with Crippen LogP contribution < -0.4 is 5.32 Å². The van der Waals surface area contributed by atoms with Crippen LogP contribution in [0.15, 0.2) is 60.8 Å². The largest absolute Gasteiger partial charge is 0.361 e. The van der Waals surface area contributed by atoms with Crippen molar-refractivity contribution in [3.8, 4) is 0 Å². The number of aromatic nitrogens is 1. The first-order valence-electron chi connectivity index (χ1n) is 8.10. The Hall–Kier alpha value is -2.55. The van der Waals surface area contributed by atoms with Crippen LogP contribution >= 0.6 is 0 Å². The van der Waals surface area contributed by atoms with Gasteiger partial charge in [0.15, 0.2) is 0 Å². The van der Waals surface area contributed by atoms with Crippen molar-refractivity contribution >= 4 is 16.8 Å². The Morgan fingerprint density at radius 1 is 1.09 bits per heavy atom. The Labute approximate surface area is 136 Å². The van der Waals surface area contributed by atoms with Gasteiger partial charge in [0, 0.05) is 29.6 Å². The van der Waals surface area contributed by atoms with Gasteiger partial charge < -0.3 is 10.3 Å². The molecule has 3 aromatic rings. The van der Waals surface area contributed by atoms with Gasteiger partial charge in [0.2, 0.25) is 5.91 Å². The molecule has 0 spiro atoms. The Morgan fingerprint density at radius 3 is 2.65 bits per heavy atom. The summed E-state index contributed by atoms with van der Waals surface area (Å²) in [5.74, 6) is 0.112. The summed E-state index contributed by atoms with van der Waals surface area (Å²) in [4.78, 5) is 15.4. The van der Waals surface area contributed by atoms with Crippen molar-refractivity contribution < 1.29 is 4.79 Å². The zero-order valence-electron chi connectivity index (χ0n) is 13.4. The van der Waals surface area contributed by atoms with Crippen molar-refractivity contribution in [3.05, 3.63) is 71.9 Å². The van der Waals surface area contributed by atoms with Crippen molar-refractivity contribution in [2.45, 2.75) is 32.2 Å². The third-order valence-electron chi connectivity index (χ3n) is 4.09. The van der Waals surface area contributed by atoms with E-state index in [1.165, 1.54) is 16.5 Å². The molecule has 0 radical (unpaired) electrons. The van der Waals surface area contributed by atoms with E-state index in [1.54, 1.807) is 0 Å². The van der Waals surface area contributed by atoms with Gasteiger partial charge in [-0.05, 0) is 37.0 Å². The Kier molecular flexibility index (Phi) is 4.77. The molecule has 2 aromatic carbocycles. The number of fused-ring (bicyclic) bond motifs is 1. The van der Waals surface area contributed by atoms with Gasteiger partial charge in [-0.2, -0.15) is 0 Å². The summed E-state index contributed by atoms with van der Waals surface area (Å²) >= 11 is 0. The number of benzene rings is 2. The van der Waals surface area contributed by atoms with E-state index in [9.17, 15) is 4.79 Å². The highest BCUT2D eigenvalue weighted by molar-refractivity contribution is 5.83. The predicted octanol–water partition coefficient (Wildman–Crippen LogP) is 3.85. The molecule has 0 saturated carbocycles. The molecule has 3 heteroatoms. The van der Waals surface area contributed by atoms with Gasteiger partial charge in [0.1, 0.15) is 0 Å². The maximum absolute atomic E-state index is 12.1. The lowest BCUT2D eigenvalue weighted by molar-refractivity contribution is -0.121. The van der Waals surface area contributed by atoms with Crippen LogP contribution in [0, 0.1) is 0 Å². The number of H-pyrrole nitrogens is 1. The highest BCUT2D eigenvalue weighted by atomic mass is 16.1. The molecule has 1 unspecified atom stereocenters. The van der Waals surface area contributed by atoms with Gasteiger partial charge in [-0.3, -0.25) is 4.79 Å². The number of nitrogens with one attached hydrogen (secondary N) is 2. The van der Waals surface area contributed by atoms with Crippen molar-refractivity contribution in [1.29, 1.82) is 0 Å². The fourth-order valence-corrected chi connectivity index (χ4v) is 2.93. The minimum atomic E-state index is 0.112. The van der Waals surface area contributed by atoms with E-state index in [4.69, 9.17) is 0 Å². The average molecular weight is 306 g/mol. The molecule has 1 amide bonds. The number of rotatable bonds is 6. The average Bonchev–Trinajstić information content (AvgIpc) is 2.97. The molecule has 3 rings (SSSR count). The summed E-state index contributed by atoms with van der Waals surface area (Å²) in [6.07, 6.45) is 4.19. The lowest BCUT2D eigenvalue weighted by atomic mass is 10.1. The molecule has 1 atom stereocenters. The van der Waals surface area contributed by atoms with E-state index in [1.807, 2.05) is 36.5 Å². The van der Waals surface area contributed by atoms with E-state index in [2.05, 4.69) is 41.5 Å². The van der Waals surface area contributed by atoms with Gasteiger partial charge >= 0.3 is 0 Å². The Balaban J connectivity index is 1.52. The minimum Gasteiger partial charge on any atom is -0.361 e. The molecule has 1 heterocycles. The summed E-state index contributed by atoms with van der Waals surface area (Å²) in [7, 11) is 0. The van der Waals surface area contributed by atoms with Crippen LogP contribution in [0.5, 0.6) is 0 Å². The first-order valence-corrected chi connectivity index (χ1v) is 8.10. The van der Waals surface area contributed by atoms with E-state index in [0.717, 1.165) is 18.4 Å². The number of amides is 1. The molecule has 0 saturated heterocycles. The first kappa shape index (κ1) is 15.3. The SMILES string of the molecule is CC(Cc1c[nH]c2ccccc12)NC(=O)CCc1ccccc1. The van der Waals surface area contributed by atoms with Crippen molar-refractivity contribution in [2.24, 2.45) is 0 Å². The predicted molar refractivity (Wildman–Crippen MR) is 94.4 cm³/mol. The summed E-state index contributed by atoms with van der Waals surface area (Å²) in [5.41, 5.74) is 3.59. The van der Waals surface area contributed by atoms with Crippen molar-refractivity contribution in [1.82, 2.24) is 10.3 Å². The van der Waals surface area contributed by atoms with Crippen LogP contribution in [0.4, 0.5) is 0 Å². The normalized spacial score (nSPS) is 12.2. The first-order chi connectivity index (χ1) is 11.2. The second-order valence-corrected chi connectivity index (χ2v) is 6.02. The minimum absolute atomic E-state index is 0.112. The molecule has 1 aromatic heterocycles. The maximum Gasteiger partial charge on any atom is 0.220 e. The molecule has 0 aliphatic carbocycles. The number of hydrogen-bond acceptors (Lipinski definition) is 1. The third kappa shape index (κ3) is 4.01. The fraction of sp³-hybridized carbons (Fsp3) is 0.250. The van der Waals surface area contributed by atoms with Gasteiger partial charge in [0.25, 0.3) is 0 Å². The molecule has 118 valence electrons. The molecule has 23 heavy (non-hydrogen) atoms. The van der Waals surface area contributed by atoms with Gasteiger partial charge in [-0.1, -0.05) is 48.5 Å². The topological polar surface area (TPSA) is 44.9 Å². The van der Waals surface area contributed by atoms with Gasteiger partial charge in [-0.15, -0.1) is 0 Å². The lowest BCUT2D eigenvalue weighted by Crippen LogP contribution is -2.34. The fourth-order valence-electron chi connectivity index (χ4n) is 2.93. The molecule has 0 aliphatic rings. The van der Waals surface area contributed by atoms with E-state index in [-0.39, 0.29) is 11.9 Å². The molecular weight excluding hydrogens is 284 g/mol. The lowest BCUT2D eigenvalue weighted by Gasteiger charge is -2.13. The number of aryl methyl sites for hydroxylation is 1. The molecule has 0 bridgehead atoms. The molecule has 0 aliphatic heterocycles. The standard InChI is InChI=1S/C20H22N2O/c1-15(13-17-14-21-19-10-6-5-9-18(17)19)22-20(23)12-11-16-7-3-2-4-8-16/h2-10,14-15,21H,11-13H2,1H3,(H,22,23). The van der Waals surface area contributed by atoms with Crippen LogP contribution in [0.1, 0.15) is 24.5 Å². The summed E-state index contributed by atoms with van der Waals surface area (Å²) < 4.78 is 0. The smallest absolute Gasteiger partial charge is 0.220 e. The van der Waals surface area contributed by atoms with Crippen molar-refractivity contribution in [3.63, 3.8) is 0 Å². The number of hydrogen-bond donors (Lipinski definition) is 2. The van der Waals surface area contributed by atoms with Gasteiger partial charge in [-0.25, -0.2) is 0 Å². The van der Waals surface area contributed by atoms with Gasteiger partial charge in [0.05, 0.1) is 0 Å². The summed E-state index contributed by atoms with van der Waals surface area (Å²) in [5, 5.41) is 4.33. The summed E-state index contributed by atoms with van der Waals surface area (Å²) in [6, 6.07) is 18.5. The molecule has 3 nitrogen and oxygen atoms in total. The van der Waals surface area contributed by atoms with Crippen LogP contribution in [0.25, 0.3) is 10.9 Å². The third-order valence-corrected chi connectivity index (χ3v) is 4.09. The quantitative estimate of drug-likeness (QED) is 0.714. The number of para-hydroxylation sites is 1. The summed E-state index contributed by atoms with van der Waals surface area (Å²) in [6.45, 7) is 2.06. The van der Waals surface area contributed by atoms with E-state index in [0.29, 0.717) is 6.42 Å². The molecule has 2 N–H and O–H groups in total. The van der Waals surface area contributed by atoms with Crippen LogP contribution in [0.2, 0.25) is 0 Å². The Bertz CT molecular complexity index is 776. The number of aromatic amines is 1. The molecule has 0 fully saturated rings. The Morgan fingerprint density at radius 2 is 1.83 bits per heavy atom. The number of carbonyl (C=O) groups is 1. The zero-order valence-corrected chi connectivity index (χ0v) is 13.4. The second kappa shape index (κ2) is 7.14. The van der Waals surface area contributed by atoms with Crippen LogP contribution in [-0.4, -0.2) is 16.9 Å².